The van der Waals surface area contributed by atoms with Crippen LogP contribution < -0.4 is 4.90 Å². The van der Waals surface area contributed by atoms with Crippen LogP contribution >= 0.6 is 11.6 Å². The maximum absolute atomic E-state index is 11.7. The second-order valence-corrected chi connectivity index (χ2v) is 8.28. The largest absolute Gasteiger partial charge is 0.476 e. The quantitative estimate of drug-likeness (QED) is 0.863. The SMILES string of the molecule is CN(c1nn(-c2cccc(Cl)c2)nc1C(=O)O)C1CCS(=O)(=O)C1. The van der Waals surface area contributed by atoms with Gasteiger partial charge in [0.25, 0.3) is 0 Å². The van der Waals surface area contributed by atoms with Crippen LogP contribution in [0.5, 0.6) is 0 Å². The van der Waals surface area contributed by atoms with Crippen LogP contribution in [0.2, 0.25) is 5.02 Å². The van der Waals surface area contributed by atoms with Gasteiger partial charge >= 0.3 is 5.97 Å². The smallest absolute Gasteiger partial charge is 0.360 e. The average Bonchev–Trinajstić information content (AvgIpc) is 3.10. The number of anilines is 1. The number of aromatic nitrogens is 3. The number of halogens is 1. The van der Waals surface area contributed by atoms with Gasteiger partial charge in [-0.2, -0.15) is 0 Å². The average molecular weight is 371 g/mol. The van der Waals surface area contributed by atoms with E-state index in [-0.39, 0.29) is 29.1 Å². The highest BCUT2D eigenvalue weighted by Crippen LogP contribution is 2.25. The molecular formula is C14H15ClN4O4S. The maximum Gasteiger partial charge on any atom is 0.360 e. The number of rotatable bonds is 4. The number of carbonyl (C=O) groups is 1. The van der Waals surface area contributed by atoms with Gasteiger partial charge in [0.1, 0.15) is 0 Å². The number of hydrogen-bond donors (Lipinski definition) is 1. The summed E-state index contributed by atoms with van der Waals surface area (Å²) in [5.74, 6) is -1.03. The molecule has 0 aliphatic carbocycles. The number of aromatic carboxylic acids is 1. The van der Waals surface area contributed by atoms with E-state index in [1.807, 2.05) is 0 Å². The lowest BCUT2D eigenvalue weighted by Gasteiger charge is -2.22. The lowest BCUT2D eigenvalue weighted by Crippen LogP contribution is -2.34. The standard InChI is InChI=1S/C14H15ClN4O4S/c1-18(11-5-6-24(22,23)8-11)13-12(14(20)21)16-19(17-13)10-4-2-3-9(15)7-10/h2-4,7,11H,5-6,8H2,1H3,(H,20,21). The molecule has 0 radical (unpaired) electrons. The third-order valence-electron chi connectivity index (χ3n) is 3.93. The zero-order chi connectivity index (χ0) is 17.5. The molecule has 1 N–H and O–H groups in total. The molecular weight excluding hydrogens is 356 g/mol. The van der Waals surface area contributed by atoms with E-state index in [2.05, 4.69) is 10.2 Å². The number of hydrogen-bond acceptors (Lipinski definition) is 6. The van der Waals surface area contributed by atoms with Gasteiger partial charge in [0, 0.05) is 18.1 Å². The minimum atomic E-state index is -3.09. The first-order valence-electron chi connectivity index (χ1n) is 7.17. The van der Waals surface area contributed by atoms with Crippen molar-refractivity contribution in [2.45, 2.75) is 12.5 Å². The Bertz CT molecular complexity index is 896. The monoisotopic (exact) mass is 370 g/mol. The van der Waals surface area contributed by atoms with Crippen LogP contribution in [0.25, 0.3) is 5.69 Å². The topological polar surface area (TPSA) is 105 Å². The Morgan fingerprint density at radius 2 is 2.17 bits per heavy atom. The van der Waals surface area contributed by atoms with Gasteiger partial charge in [0.2, 0.25) is 5.69 Å². The van der Waals surface area contributed by atoms with Crippen LogP contribution in [0.15, 0.2) is 24.3 Å². The Morgan fingerprint density at radius 3 is 2.75 bits per heavy atom. The van der Waals surface area contributed by atoms with Gasteiger partial charge in [-0.15, -0.1) is 15.0 Å². The lowest BCUT2D eigenvalue weighted by molar-refractivity contribution is 0.0690. The summed E-state index contributed by atoms with van der Waals surface area (Å²) in [6.07, 6.45) is 0.432. The van der Waals surface area contributed by atoms with Gasteiger partial charge < -0.3 is 10.0 Å². The van der Waals surface area contributed by atoms with Crippen molar-refractivity contribution in [3.8, 4) is 5.69 Å². The Morgan fingerprint density at radius 1 is 1.42 bits per heavy atom. The van der Waals surface area contributed by atoms with Gasteiger partial charge in [0.05, 0.1) is 17.2 Å². The number of carboxylic acid groups (broad SMARTS) is 1. The van der Waals surface area contributed by atoms with E-state index < -0.39 is 15.8 Å². The van der Waals surface area contributed by atoms with Crippen molar-refractivity contribution in [2.75, 3.05) is 23.5 Å². The highest BCUT2D eigenvalue weighted by atomic mass is 35.5. The molecule has 0 saturated carbocycles. The molecule has 1 aromatic heterocycles. The van der Waals surface area contributed by atoms with E-state index in [9.17, 15) is 18.3 Å². The predicted molar refractivity (Wildman–Crippen MR) is 88.8 cm³/mol. The van der Waals surface area contributed by atoms with Crippen LogP contribution in [0.3, 0.4) is 0 Å². The van der Waals surface area contributed by atoms with Crippen LogP contribution in [0.4, 0.5) is 5.82 Å². The molecule has 1 aliphatic heterocycles. The Labute approximate surface area is 143 Å². The van der Waals surface area contributed by atoms with Gasteiger partial charge in [0.15, 0.2) is 15.7 Å². The summed E-state index contributed by atoms with van der Waals surface area (Å²) in [7, 11) is -1.46. The van der Waals surface area contributed by atoms with E-state index in [0.717, 1.165) is 0 Å². The summed E-state index contributed by atoms with van der Waals surface area (Å²) in [6, 6.07) is 6.37. The van der Waals surface area contributed by atoms with Gasteiger partial charge in [-0.05, 0) is 24.6 Å². The van der Waals surface area contributed by atoms with Crippen molar-refractivity contribution in [1.29, 1.82) is 0 Å². The summed E-state index contributed by atoms with van der Waals surface area (Å²) in [5.41, 5.74) is 0.283. The molecule has 128 valence electrons. The normalized spacial score (nSPS) is 19.3. The molecule has 24 heavy (non-hydrogen) atoms. The Hall–Kier alpha value is -2.13. The summed E-state index contributed by atoms with van der Waals surface area (Å²) in [6.45, 7) is 0. The van der Waals surface area contributed by atoms with Crippen LogP contribution in [0, 0.1) is 0 Å². The van der Waals surface area contributed by atoms with E-state index in [0.29, 0.717) is 17.1 Å². The first kappa shape index (κ1) is 16.7. The molecule has 1 aliphatic rings. The van der Waals surface area contributed by atoms with Crippen LogP contribution in [0.1, 0.15) is 16.9 Å². The molecule has 3 rings (SSSR count). The highest BCUT2D eigenvalue weighted by molar-refractivity contribution is 7.91. The molecule has 1 unspecified atom stereocenters. The minimum absolute atomic E-state index is 0.0212. The molecule has 1 atom stereocenters. The van der Waals surface area contributed by atoms with Crippen molar-refractivity contribution in [2.24, 2.45) is 0 Å². The van der Waals surface area contributed by atoms with E-state index in [1.165, 1.54) is 4.80 Å². The third kappa shape index (κ3) is 3.22. The molecule has 1 saturated heterocycles. The summed E-state index contributed by atoms with van der Waals surface area (Å²) >= 11 is 5.94. The predicted octanol–water partition coefficient (Wildman–Crippen LogP) is 1.24. The second kappa shape index (κ2) is 6.06. The highest BCUT2D eigenvalue weighted by Gasteiger charge is 2.34. The summed E-state index contributed by atoms with van der Waals surface area (Å²) < 4.78 is 23.3. The molecule has 1 aromatic carbocycles. The molecule has 1 fully saturated rings. The van der Waals surface area contributed by atoms with E-state index >= 15 is 0 Å². The fraction of sp³-hybridized carbons (Fsp3) is 0.357. The molecule has 0 bridgehead atoms. The second-order valence-electron chi connectivity index (χ2n) is 5.61. The number of benzene rings is 1. The molecule has 0 amide bonds. The van der Waals surface area contributed by atoms with Crippen molar-refractivity contribution in [3.05, 3.63) is 35.0 Å². The van der Waals surface area contributed by atoms with Gasteiger partial charge in [-0.25, -0.2) is 13.2 Å². The van der Waals surface area contributed by atoms with Crippen molar-refractivity contribution < 1.29 is 18.3 Å². The molecule has 2 aromatic rings. The van der Waals surface area contributed by atoms with Crippen molar-refractivity contribution in [3.63, 3.8) is 0 Å². The summed E-state index contributed by atoms with van der Waals surface area (Å²) in [4.78, 5) is 14.2. The van der Waals surface area contributed by atoms with Gasteiger partial charge in [-0.1, -0.05) is 17.7 Å². The van der Waals surface area contributed by atoms with E-state index in [4.69, 9.17) is 11.6 Å². The molecule has 2 heterocycles. The fourth-order valence-electron chi connectivity index (χ4n) is 2.64. The van der Waals surface area contributed by atoms with Crippen LogP contribution in [-0.4, -0.2) is 59.1 Å². The third-order valence-corrected chi connectivity index (χ3v) is 5.91. The summed E-state index contributed by atoms with van der Waals surface area (Å²) in [5, 5.41) is 18.1. The maximum atomic E-state index is 11.7. The van der Waals surface area contributed by atoms with E-state index in [1.54, 1.807) is 36.2 Å². The first-order chi connectivity index (χ1) is 11.3. The fourth-order valence-corrected chi connectivity index (χ4v) is 4.60. The zero-order valence-electron chi connectivity index (χ0n) is 12.8. The van der Waals surface area contributed by atoms with Crippen molar-refractivity contribution in [1.82, 2.24) is 15.0 Å². The molecule has 0 spiro atoms. The number of sulfone groups is 1. The minimum Gasteiger partial charge on any atom is -0.476 e. The molecule has 8 nitrogen and oxygen atoms in total. The van der Waals surface area contributed by atoms with Crippen molar-refractivity contribution >= 4 is 33.2 Å². The lowest BCUT2D eigenvalue weighted by atomic mass is 10.2. The Balaban J connectivity index is 1.99. The first-order valence-corrected chi connectivity index (χ1v) is 9.36. The zero-order valence-corrected chi connectivity index (χ0v) is 14.3. The number of carboxylic acids is 1. The number of nitrogens with zero attached hydrogens (tertiary/aromatic N) is 4. The Kier molecular flexibility index (Phi) is 4.22. The van der Waals surface area contributed by atoms with Crippen LogP contribution in [-0.2, 0) is 9.84 Å². The molecule has 10 heteroatoms. The van der Waals surface area contributed by atoms with Gasteiger partial charge in [-0.3, -0.25) is 0 Å².